The van der Waals surface area contributed by atoms with Gasteiger partial charge in [0.2, 0.25) is 0 Å². The van der Waals surface area contributed by atoms with Crippen molar-refractivity contribution in [3.63, 3.8) is 0 Å². The van der Waals surface area contributed by atoms with Crippen molar-refractivity contribution in [2.24, 2.45) is 5.92 Å². The molecule has 0 amide bonds. The molecular weight excluding hydrogens is 312 g/mol. The van der Waals surface area contributed by atoms with Crippen LogP contribution in [0.15, 0.2) is 42.7 Å². The van der Waals surface area contributed by atoms with Crippen LogP contribution >= 0.6 is 0 Å². The fraction of sp³-hybridized carbons (Fsp3) is 0.550. The van der Waals surface area contributed by atoms with Crippen LogP contribution in [0.25, 0.3) is 0 Å². The summed E-state index contributed by atoms with van der Waals surface area (Å²) in [4.78, 5) is 0. The Morgan fingerprint density at radius 1 is 1.20 bits per heavy atom. The molecule has 1 aromatic carbocycles. The van der Waals surface area contributed by atoms with Gasteiger partial charge in [0.15, 0.2) is 0 Å². The maximum atomic E-state index is 5.66. The van der Waals surface area contributed by atoms with Gasteiger partial charge in [-0.05, 0) is 36.0 Å². The van der Waals surface area contributed by atoms with E-state index < -0.39 is 0 Å². The second-order valence-corrected chi connectivity index (χ2v) is 7.24. The second-order valence-electron chi connectivity index (χ2n) is 7.24. The molecule has 2 fully saturated rings. The Morgan fingerprint density at radius 3 is 2.84 bits per heavy atom. The molecule has 1 saturated carbocycles. The zero-order valence-electron chi connectivity index (χ0n) is 14.7. The SMILES string of the molecule is c1cnn(Cc2ccc(CNC3CCCC3C3COCCN3)cc2)c1. The second kappa shape index (κ2) is 8.13. The molecule has 2 aromatic rings. The molecule has 2 heterocycles. The molecule has 2 aliphatic rings. The molecule has 1 aromatic heterocycles. The Morgan fingerprint density at radius 2 is 2.08 bits per heavy atom. The van der Waals surface area contributed by atoms with Crippen LogP contribution in [0.1, 0.15) is 30.4 Å². The van der Waals surface area contributed by atoms with Crippen molar-refractivity contribution < 1.29 is 4.74 Å². The quantitative estimate of drug-likeness (QED) is 0.846. The first-order chi connectivity index (χ1) is 12.4. The summed E-state index contributed by atoms with van der Waals surface area (Å²) in [7, 11) is 0. The Kier molecular flexibility index (Phi) is 5.45. The van der Waals surface area contributed by atoms with Gasteiger partial charge in [-0.2, -0.15) is 5.10 Å². The summed E-state index contributed by atoms with van der Waals surface area (Å²) in [5.74, 6) is 0.694. The molecule has 0 radical (unpaired) electrons. The van der Waals surface area contributed by atoms with Gasteiger partial charge < -0.3 is 15.4 Å². The van der Waals surface area contributed by atoms with E-state index in [9.17, 15) is 0 Å². The van der Waals surface area contributed by atoms with Crippen LogP contribution in [0.5, 0.6) is 0 Å². The van der Waals surface area contributed by atoms with E-state index in [0.29, 0.717) is 18.0 Å². The monoisotopic (exact) mass is 340 g/mol. The van der Waals surface area contributed by atoms with Crippen LogP contribution in [-0.2, 0) is 17.8 Å². The third-order valence-electron chi connectivity index (χ3n) is 5.53. The molecule has 5 heteroatoms. The number of hydrogen-bond acceptors (Lipinski definition) is 4. The average Bonchev–Trinajstić information content (AvgIpc) is 3.33. The largest absolute Gasteiger partial charge is 0.379 e. The van der Waals surface area contributed by atoms with Crippen molar-refractivity contribution >= 4 is 0 Å². The predicted molar refractivity (Wildman–Crippen MR) is 98.3 cm³/mol. The van der Waals surface area contributed by atoms with Gasteiger partial charge in [0.25, 0.3) is 0 Å². The molecule has 25 heavy (non-hydrogen) atoms. The lowest BCUT2D eigenvalue weighted by molar-refractivity contribution is 0.0524. The smallest absolute Gasteiger partial charge is 0.0659 e. The summed E-state index contributed by atoms with van der Waals surface area (Å²) in [5.41, 5.74) is 2.64. The van der Waals surface area contributed by atoms with Gasteiger partial charge in [0.1, 0.15) is 0 Å². The fourth-order valence-electron chi connectivity index (χ4n) is 4.18. The molecule has 3 unspecified atom stereocenters. The number of benzene rings is 1. The van der Waals surface area contributed by atoms with Crippen molar-refractivity contribution in [2.75, 3.05) is 19.8 Å². The molecule has 0 spiro atoms. The summed E-state index contributed by atoms with van der Waals surface area (Å²) in [6.45, 7) is 4.48. The zero-order chi connectivity index (χ0) is 16.9. The Labute approximate surface area is 149 Å². The summed E-state index contributed by atoms with van der Waals surface area (Å²) >= 11 is 0. The molecule has 1 aliphatic carbocycles. The lowest BCUT2D eigenvalue weighted by Gasteiger charge is -2.33. The topological polar surface area (TPSA) is 51.1 Å². The van der Waals surface area contributed by atoms with Crippen LogP contribution in [-0.4, -0.2) is 41.6 Å². The Bertz CT molecular complexity index is 634. The molecule has 1 aliphatic heterocycles. The number of hydrogen-bond donors (Lipinski definition) is 2. The highest BCUT2D eigenvalue weighted by Gasteiger charge is 2.34. The Balaban J connectivity index is 1.30. The number of nitrogens with one attached hydrogen (secondary N) is 2. The lowest BCUT2D eigenvalue weighted by atomic mass is 9.94. The van der Waals surface area contributed by atoms with Gasteiger partial charge >= 0.3 is 0 Å². The molecule has 3 atom stereocenters. The molecule has 1 saturated heterocycles. The van der Waals surface area contributed by atoms with Crippen LogP contribution < -0.4 is 10.6 Å². The lowest BCUT2D eigenvalue weighted by Crippen LogP contribution is -2.50. The summed E-state index contributed by atoms with van der Waals surface area (Å²) in [5, 5.41) is 11.7. The number of morpholine rings is 1. The van der Waals surface area contributed by atoms with Crippen molar-refractivity contribution in [2.45, 2.75) is 44.4 Å². The maximum Gasteiger partial charge on any atom is 0.0659 e. The van der Waals surface area contributed by atoms with Gasteiger partial charge in [-0.1, -0.05) is 30.7 Å². The third-order valence-corrected chi connectivity index (χ3v) is 5.53. The standard InChI is InChI=1S/C20H28N4O/c1-3-18(20-15-25-12-10-21-20)19(4-1)22-13-16-5-7-17(8-6-16)14-24-11-2-9-23-24/h2,5-9,11,18-22H,1,3-4,10,12-15H2. The summed E-state index contributed by atoms with van der Waals surface area (Å²) in [6, 6.07) is 12.0. The van der Waals surface area contributed by atoms with E-state index in [-0.39, 0.29) is 0 Å². The minimum Gasteiger partial charge on any atom is -0.379 e. The minimum absolute atomic E-state index is 0.519. The van der Waals surface area contributed by atoms with E-state index in [1.165, 1.54) is 30.4 Å². The molecular formula is C20H28N4O. The van der Waals surface area contributed by atoms with Crippen molar-refractivity contribution in [1.82, 2.24) is 20.4 Å². The van der Waals surface area contributed by atoms with Gasteiger partial charge in [0, 0.05) is 37.6 Å². The van der Waals surface area contributed by atoms with E-state index in [0.717, 1.165) is 32.8 Å². The number of rotatable bonds is 6. The van der Waals surface area contributed by atoms with E-state index in [4.69, 9.17) is 4.74 Å². The summed E-state index contributed by atoms with van der Waals surface area (Å²) in [6.07, 6.45) is 7.73. The number of ether oxygens (including phenoxy) is 1. The number of aromatic nitrogens is 2. The zero-order valence-corrected chi connectivity index (χ0v) is 14.7. The third kappa shape index (κ3) is 4.29. The van der Waals surface area contributed by atoms with Crippen LogP contribution in [0, 0.1) is 5.92 Å². The van der Waals surface area contributed by atoms with Gasteiger partial charge in [0.05, 0.1) is 19.8 Å². The Hall–Kier alpha value is -1.69. The van der Waals surface area contributed by atoms with Gasteiger partial charge in [-0.3, -0.25) is 4.68 Å². The van der Waals surface area contributed by atoms with Crippen molar-refractivity contribution in [3.05, 3.63) is 53.9 Å². The molecule has 2 N–H and O–H groups in total. The first-order valence-electron chi connectivity index (χ1n) is 9.48. The van der Waals surface area contributed by atoms with Crippen LogP contribution in [0.2, 0.25) is 0 Å². The maximum absolute atomic E-state index is 5.66. The number of nitrogens with zero attached hydrogens (tertiary/aromatic N) is 2. The average molecular weight is 340 g/mol. The minimum atomic E-state index is 0.519. The normalized spacial score (nSPS) is 26.8. The highest BCUT2D eigenvalue weighted by Crippen LogP contribution is 2.29. The highest BCUT2D eigenvalue weighted by atomic mass is 16.5. The predicted octanol–water partition coefficient (Wildman–Crippen LogP) is 2.18. The van der Waals surface area contributed by atoms with Crippen molar-refractivity contribution in [3.8, 4) is 0 Å². The molecule has 4 rings (SSSR count). The molecule has 5 nitrogen and oxygen atoms in total. The first kappa shape index (κ1) is 16.8. The van der Waals surface area contributed by atoms with Gasteiger partial charge in [-0.15, -0.1) is 0 Å². The van der Waals surface area contributed by atoms with E-state index in [1.54, 1.807) is 0 Å². The van der Waals surface area contributed by atoms with Crippen molar-refractivity contribution in [1.29, 1.82) is 0 Å². The highest BCUT2D eigenvalue weighted by molar-refractivity contribution is 5.22. The van der Waals surface area contributed by atoms with E-state index in [2.05, 4.69) is 40.0 Å². The van der Waals surface area contributed by atoms with Crippen LogP contribution in [0.3, 0.4) is 0 Å². The fourth-order valence-corrected chi connectivity index (χ4v) is 4.18. The summed E-state index contributed by atoms with van der Waals surface area (Å²) < 4.78 is 7.62. The molecule has 134 valence electrons. The van der Waals surface area contributed by atoms with Gasteiger partial charge in [-0.25, -0.2) is 0 Å². The van der Waals surface area contributed by atoms with Crippen LogP contribution in [0.4, 0.5) is 0 Å². The van der Waals surface area contributed by atoms with E-state index >= 15 is 0 Å². The first-order valence-corrected chi connectivity index (χ1v) is 9.48. The van der Waals surface area contributed by atoms with E-state index in [1.807, 2.05) is 23.1 Å². The molecule has 0 bridgehead atoms.